The molecule has 1 heterocycles. The number of alkyl halides is 6. The Labute approximate surface area is 127 Å². The molecule has 0 unspecified atom stereocenters. The molecule has 0 fully saturated rings. The van der Waals surface area contributed by atoms with E-state index in [0.29, 0.717) is 6.20 Å². The summed E-state index contributed by atoms with van der Waals surface area (Å²) in [7, 11) is 0. The van der Waals surface area contributed by atoms with Crippen LogP contribution in [0.15, 0.2) is 6.20 Å². The summed E-state index contributed by atoms with van der Waals surface area (Å²) in [5, 5.41) is 0. The molecule has 4 nitrogen and oxygen atoms in total. The molecule has 0 radical (unpaired) electrons. The van der Waals surface area contributed by atoms with E-state index in [0.717, 1.165) is 0 Å². The van der Waals surface area contributed by atoms with Crippen LogP contribution in [-0.4, -0.2) is 23.9 Å². The SMILES string of the molecule is CCOC(=O)Cc1c(CCl)ncc(OC(F)(F)F)c1C(F)F. The fourth-order valence-electron chi connectivity index (χ4n) is 1.70. The molecule has 10 heteroatoms. The highest BCUT2D eigenvalue weighted by Gasteiger charge is 2.35. The van der Waals surface area contributed by atoms with Gasteiger partial charge >= 0.3 is 12.3 Å². The molecule has 0 aliphatic carbocycles. The molecule has 124 valence electrons. The van der Waals surface area contributed by atoms with Crippen LogP contribution in [0.2, 0.25) is 0 Å². The summed E-state index contributed by atoms with van der Waals surface area (Å²) >= 11 is 5.53. The van der Waals surface area contributed by atoms with Gasteiger partial charge in [0.25, 0.3) is 6.43 Å². The van der Waals surface area contributed by atoms with Crippen molar-refractivity contribution in [1.29, 1.82) is 0 Å². The number of ether oxygens (including phenoxy) is 2. The maximum absolute atomic E-state index is 13.1. The summed E-state index contributed by atoms with van der Waals surface area (Å²) in [6.45, 7) is 1.49. The molecule has 0 amide bonds. The van der Waals surface area contributed by atoms with Gasteiger partial charge in [-0.3, -0.25) is 9.78 Å². The Kier molecular flexibility index (Phi) is 6.34. The third kappa shape index (κ3) is 4.97. The number of esters is 1. The number of hydrogen-bond donors (Lipinski definition) is 0. The highest BCUT2D eigenvalue weighted by molar-refractivity contribution is 6.17. The quantitative estimate of drug-likeness (QED) is 0.446. The van der Waals surface area contributed by atoms with Crippen molar-refractivity contribution < 1.29 is 36.2 Å². The van der Waals surface area contributed by atoms with E-state index in [1.807, 2.05) is 0 Å². The van der Waals surface area contributed by atoms with Gasteiger partial charge in [0.15, 0.2) is 5.75 Å². The lowest BCUT2D eigenvalue weighted by molar-refractivity contribution is -0.275. The van der Waals surface area contributed by atoms with Gasteiger partial charge in [-0.15, -0.1) is 24.8 Å². The maximum Gasteiger partial charge on any atom is 0.573 e. The van der Waals surface area contributed by atoms with Gasteiger partial charge in [0.2, 0.25) is 0 Å². The molecule has 0 spiro atoms. The van der Waals surface area contributed by atoms with Crippen molar-refractivity contribution in [3.63, 3.8) is 0 Å². The first kappa shape index (κ1) is 18.4. The second-order valence-electron chi connectivity index (χ2n) is 3.93. The average molecular weight is 348 g/mol. The van der Waals surface area contributed by atoms with Crippen molar-refractivity contribution in [2.45, 2.75) is 32.0 Å². The summed E-state index contributed by atoms with van der Waals surface area (Å²) in [6, 6.07) is 0. The van der Waals surface area contributed by atoms with Crippen LogP contribution in [0.4, 0.5) is 22.0 Å². The Morgan fingerprint density at radius 3 is 2.50 bits per heavy atom. The third-order valence-electron chi connectivity index (χ3n) is 2.47. The Morgan fingerprint density at radius 1 is 1.41 bits per heavy atom. The zero-order chi connectivity index (χ0) is 16.9. The normalized spacial score (nSPS) is 11.6. The largest absolute Gasteiger partial charge is 0.573 e. The Morgan fingerprint density at radius 2 is 2.05 bits per heavy atom. The van der Waals surface area contributed by atoms with Crippen LogP contribution >= 0.6 is 11.6 Å². The summed E-state index contributed by atoms with van der Waals surface area (Å²) in [6.07, 6.45) is -8.67. The standard InChI is InChI=1S/C12H11ClF5NO3/c1-2-21-9(20)3-6-7(4-13)19-5-8(10(6)11(14)15)22-12(16,17)18/h5,11H,2-4H2,1H3. The van der Waals surface area contributed by atoms with E-state index in [9.17, 15) is 26.7 Å². The molecule has 0 aromatic carbocycles. The lowest BCUT2D eigenvalue weighted by Gasteiger charge is -2.17. The van der Waals surface area contributed by atoms with Crippen LogP contribution in [0.1, 0.15) is 30.2 Å². The number of hydrogen-bond acceptors (Lipinski definition) is 4. The van der Waals surface area contributed by atoms with Crippen LogP contribution in [0.3, 0.4) is 0 Å². The smallest absolute Gasteiger partial charge is 0.466 e. The van der Waals surface area contributed by atoms with E-state index in [-0.39, 0.29) is 18.2 Å². The van der Waals surface area contributed by atoms with Crippen LogP contribution in [-0.2, 0) is 21.8 Å². The first-order valence-corrected chi connectivity index (χ1v) is 6.49. The molecule has 0 saturated heterocycles. The first-order chi connectivity index (χ1) is 10.2. The summed E-state index contributed by atoms with van der Waals surface area (Å²) < 4.78 is 71.2. The topological polar surface area (TPSA) is 48.4 Å². The number of pyridine rings is 1. The lowest BCUT2D eigenvalue weighted by atomic mass is 10.0. The summed E-state index contributed by atoms with van der Waals surface area (Å²) in [4.78, 5) is 15.0. The first-order valence-electron chi connectivity index (χ1n) is 5.95. The zero-order valence-corrected chi connectivity index (χ0v) is 12.0. The third-order valence-corrected chi connectivity index (χ3v) is 2.73. The highest BCUT2D eigenvalue weighted by atomic mass is 35.5. The van der Waals surface area contributed by atoms with Gasteiger partial charge in [0.05, 0.1) is 36.4 Å². The molecule has 1 aromatic heterocycles. The van der Waals surface area contributed by atoms with E-state index >= 15 is 0 Å². The van der Waals surface area contributed by atoms with Crippen LogP contribution in [0.5, 0.6) is 5.75 Å². The predicted molar refractivity (Wildman–Crippen MR) is 65.8 cm³/mol. The number of nitrogens with zero attached hydrogens (tertiary/aromatic N) is 1. The average Bonchev–Trinajstić information content (AvgIpc) is 2.37. The van der Waals surface area contributed by atoms with Gasteiger partial charge in [-0.25, -0.2) is 8.78 Å². The van der Waals surface area contributed by atoms with E-state index in [1.165, 1.54) is 6.92 Å². The van der Waals surface area contributed by atoms with Crippen molar-refractivity contribution in [1.82, 2.24) is 4.98 Å². The molecule has 0 N–H and O–H groups in total. The van der Waals surface area contributed by atoms with Crippen molar-refractivity contribution >= 4 is 17.6 Å². The molecule has 1 rings (SSSR count). The highest BCUT2D eigenvalue weighted by Crippen LogP contribution is 2.36. The van der Waals surface area contributed by atoms with Gasteiger partial charge in [-0.1, -0.05) is 0 Å². The Balaban J connectivity index is 3.35. The van der Waals surface area contributed by atoms with Gasteiger partial charge < -0.3 is 9.47 Å². The van der Waals surface area contributed by atoms with Crippen LogP contribution in [0.25, 0.3) is 0 Å². The summed E-state index contributed by atoms with van der Waals surface area (Å²) in [5.74, 6) is -2.42. The van der Waals surface area contributed by atoms with Crippen molar-refractivity contribution in [2.75, 3.05) is 6.61 Å². The molecule has 0 saturated carbocycles. The van der Waals surface area contributed by atoms with Crippen LogP contribution < -0.4 is 4.74 Å². The molecule has 0 aliphatic rings. The zero-order valence-electron chi connectivity index (χ0n) is 11.2. The van der Waals surface area contributed by atoms with Crippen molar-refractivity contribution in [3.05, 3.63) is 23.0 Å². The van der Waals surface area contributed by atoms with E-state index in [4.69, 9.17) is 11.6 Å². The number of halogens is 6. The molecule has 22 heavy (non-hydrogen) atoms. The molecule has 0 atom stereocenters. The summed E-state index contributed by atoms with van der Waals surface area (Å²) in [5.41, 5.74) is -1.64. The molecule has 1 aromatic rings. The molecular formula is C12H11ClF5NO3. The minimum absolute atomic E-state index is 0.00871. The fourth-order valence-corrected chi connectivity index (χ4v) is 1.93. The van der Waals surface area contributed by atoms with E-state index < -0.39 is 42.1 Å². The van der Waals surface area contributed by atoms with Gasteiger partial charge in [-0.2, -0.15) is 0 Å². The fraction of sp³-hybridized carbons (Fsp3) is 0.500. The number of aromatic nitrogens is 1. The van der Waals surface area contributed by atoms with Gasteiger partial charge in [0.1, 0.15) is 0 Å². The molecular weight excluding hydrogens is 337 g/mol. The minimum atomic E-state index is -5.17. The monoisotopic (exact) mass is 347 g/mol. The maximum atomic E-state index is 13.1. The van der Waals surface area contributed by atoms with Gasteiger partial charge in [0, 0.05) is 0 Å². The van der Waals surface area contributed by atoms with Gasteiger partial charge in [-0.05, 0) is 12.5 Å². The van der Waals surface area contributed by atoms with Crippen LogP contribution in [0, 0.1) is 0 Å². The van der Waals surface area contributed by atoms with E-state index in [2.05, 4.69) is 14.5 Å². The second kappa shape index (κ2) is 7.57. The van der Waals surface area contributed by atoms with E-state index in [1.54, 1.807) is 0 Å². The van der Waals surface area contributed by atoms with Crippen molar-refractivity contribution in [2.24, 2.45) is 0 Å². The second-order valence-corrected chi connectivity index (χ2v) is 4.19. The minimum Gasteiger partial charge on any atom is -0.466 e. The number of carbonyl (C=O) groups excluding carboxylic acids is 1. The molecule has 0 bridgehead atoms. The number of rotatable bonds is 6. The number of carbonyl (C=O) groups is 1. The lowest BCUT2D eigenvalue weighted by Crippen LogP contribution is -2.20. The Bertz CT molecular complexity index is 536. The van der Waals surface area contributed by atoms with Crippen molar-refractivity contribution in [3.8, 4) is 5.75 Å². The Hall–Kier alpha value is -1.64. The predicted octanol–water partition coefficient (Wildman–Crippen LogP) is 3.76. The molecule has 0 aliphatic heterocycles.